The molecular weight excluding hydrogens is 274 g/mol. The fourth-order valence-corrected chi connectivity index (χ4v) is 3.45. The van der Waals surface area contributed by atoms with Crippen LogP contribution >= 0.6 is 0 Å². The highest BCUT2D eigenvalue weighted by Crippen LogP contribution is 2.19. The van der Waals surface area contributed by atoms with Gasteiger partial charge in [-0.15, -0.1) is 0 Å². The predicted molar refractivity (Wildman–Crippen MR) is 94.5 cm³/mol. The first-order valence-electron chi connectivity index (χ1n) is 8.91. The number of rotatable bonds is 5. The second-order valence-corrected chi connectivity index (χ2v) is 7.76. The van der Waals surface area contributed by atoms with Crippen LogP contribution in [0, 0.1) is 5.92 Å². The Morgan fingerprint density at radius 1 is 1.14 bits per heavy atom. The van der Waals surface area contributed by atoms with Crippen molar-refractivity contribution in [3.05, 3.63) is 0 Å². The molecule has 2 aliphatic rings. The predicted octanol–water partition coefficient (Wildman–Crippen LogP) is 1.37. The molecule has 0 bridgehead atoms. The van der Waals surface area contributed by atoms with E-state index in [9.17, 15) is 0 Å². The number of aliphatic imine (C=N–C) groups is 1. The minimum absolute atomic E-state index is 0.180. The van der Waals surface area contributed by atoms with Crippen LogP contribution in [-0.2, 0) is 0 Å². The zero-order valence-electron chi connectivity index (χ0n) is 15.0. The first kappa shape index (κ1) is 17.5. The largest absolute Gasteiger partial charge is 0.355 e. The van der Waals surface area contributed by atoms with Gasteiger partial charge in [-0.05, 0) is 59.0 Å². The standard InChI is InChI=1S/C17H35N5/c1-17(2,3)20-9-8-19-16(18-4)22-12-7-15(14-22)13-21-10-5-6-11-21/h15,20H,5-14H2,1-4H3,(H,18,19). The lowest BCUT2D eigenvalue weighted by atomic mass is 10.1. The molecule has 2 aliphatic heterocycles. The summed E-state index contributed by atoms with van der Waals surface area (Å²) in [6, 6.07) is 0. The molecule has 128 valence electrons. The molecule has 2 heterocycles. The molecule has 2 fully saturated rings. The lowest BCUT2D eigenvalue weighted by Crippen LogP contribution is -2.45. The molecule has 0 aromatic carbocycles. The minimum atomic E-state index is 0.180. The number of guanidine groups is 1. The molecule has 2 rings (SSSR count). The van der Waals surface area contributed by atoms with Crippen LogP contribution in [-0.4, -0.2) is 74.2 Å². The smallest absolute Gasteiger partial charge is 0.193 e. The maximum absolute atomic E-state index is 4.46. The van der Waals surface area contributed by atoms with E-state index in [1.165, 1.54) is 38.9 Å². The van der Waals surface area contributed by atoms with E-state index in [-0.39, 0.29) is 5.54 Å². The molecule has 0 saturated carbocycles. The minimum Gasteiger partial charge on any atom is -0.355 e. The molecule has 0 radical (unpaired) electrons. The van der Waals surface area contributed by atoms with E-state index in [1.54, 1.807) is 0 Å². The summed E-state index contributed by atoms with van der Waals surface area (Å²) >= 11 is 0. The third kappa shape index (κ3) is 5.76. The molecule has 22 heavy (non-hydrogen) atoms. The van der Waals surface area contributed by atoms with Gasteiger partial charge in [0.25, 0.3) is 0 Å². The van der Waals surface area contributed by atoms with Crippen molar-refractivity contribution in [2.75, 3.05) is 52.9 Å². The Kier molecular flexibility index (Phi) is 6.50. The van der Waals surface area contributed by atoms with E-state index in [2.05, 4.69) is 46.2 Å². The summed E-state index contributed by atoms with van der Waals surface area (Å²) < 4.78 is 0. The molecule has 0 aromatic heterocycles. The van der Waals surface area contributed by atoms with Gasteiger partial charge in [0.2, 0.25) is 0 Å². The first-order chi connectivity index (χ1) is 10.5. The summed E-state index contributed by atoms with van der Waals surface area (Å²) in [5.74, 6) is 1.88. The highest BCUT2D eigenvalue weighted by molar-refractivity contribution is 5.80. The summed E-state index contributed by atoms with van der Waals surface area (Å²) in [6.45, 7) is 14.7. The molecule has 5 nitrogen and oxygen atoms in total. The second kappa shape index (κ2) is 8.16. The van der Waals surface area contributed by atoms with E-state index in [0.717, 1.165) is 38.1 Å². The number of hydrogen-bond acceptors (Lipinski definition) is 3. The van der Waals surface area contributed by atoms with E-state index < -0.39 is 0 Å². The van der Waals surface area contributed by atoms with Gasteiger partial charge in [-0.1, -0.05) is 0 Å². The second-order valence-electron chi connectivity index (χ2n) is 7.76. The van der Waals surface area contributed by atoms with Crippen molar-refractivity contribution in [2.45, 2.75) is 45.6 Å². The number of nitrogens with zero attached hydrogens (tertiary/aromatic N) is 3. The Morgan fingerprint density at radius 2 is 1.86 bits per heavy atom. The molecule has 2 N–H and O–H groups in total. The summed E-state index contributed by atoms with van der Waals surface area (Å²) in [7, 11) is 1.90. The Morgan fingerprint density at radius 3 is 2.50 bits per heavy atom. The van der Waals surface area contributed by atoms with Crippen molar-refractivity contribution in [1.82, 2.24) is 20.4 Å². The average molecular weight is 310 g/mol. The SMILES string of the molecule is CN=C(NCCNC(C)(C)C)N1CCC(CN2CCCC2)C1. The monoisotopic (exact) mass is 309 g/mol. The number of likely N-dealkylation sites (tertiary alicyclic amines) is 2. The van der Waals surface area contributed by atoms with Gasteiger partial charge >= 0.3 is 0 Å². The topological polar surface area (TPSA) is 42.9 Å². The lowest BCUT2D eigenvalue weighted by Gasteiger charge is -2.25. The van der Waals surface area contributed by atoms with Gasteiger partial charge in [-0.25, -0.2) is 0 Å². The van der Waals surface area contributed by atoms with Crippen LogP contribution in [0.3, 0.4) is 0 Å². The molecular formula is C17H35N5. The van der Waals surface area contributed by atoms with Gasteiger partial charge in [0, 0.05) is 45.3 Å². The van der Waals surface area contributed by atoms with Crippen LogP contribution in [0.25, 0.3) is 0 Å². The molecule has 1 unspecified atom stereocenters. The van der Waals surface area contributed by atoms with Crippen molar-refractivity contribution in [3.63, 3.8) is 0 Å². The quantitative estimate of drug-likeness (QED) is 0.457. The number of nitrogens with one attached hydrogen (secondary N) is 2. The van der Waals surface area contributed by atoms with Gasteiger partial charge < -0.3 is 20.4 Å². The van der Waals surface area contributed by atoms with Crippen LogP contribution in [0.4, 0.5) is 0 Å². The number of hydrogen-bond donors (Lipinski definition) is 2. The van der Waals surface area contributed by atoms with Crippen molar-refractivity contribution in [3.8, 4) is 0 Å². The van der Waals surface area contributed by atoms with Crippen molar-refractivity contribution >= 4 is 5.96 Å². The third-order valence-corrected chi connectivity index (χ3v) is 4.58. The Hall–Kier alpha value is -0.810. The van der Waals surface area contributed by atoms with Gasteiger partial charge in [-0.3, -0.25) is 4.99 Å². The Balaban J connectivity index is 1.68. The molecule has 0 aromatic rings. The fraction of sp³-hybridized carbons (Fsp3) is 0.941. The molecule has 0 spiro atoms. The van der Waals surface area contributed by atoms with Crippen LogP contribution in [0.5, 0.6) is 0 Å². The maximum Gasteiger partial charge on any atom is 0.193 e. The first-order valence-corrected chi connectivity index (χ1v) is 8.91. The highest BCUT2D eigenvalue weighted by atomic mass is 15.3. The van der Waals surface area contributed by atoms with Crippen molar-refractivity contribution < 1.29 is 0 Å². The zero-order valence-corrected chi connectivity index (χ0v) is 15.0. The van der Waals surface area contributed by atoms with Crippen molar-refractivity contribution in [2.24, 2.45) is 10.9 Å². The van der Waals surface area contributed by atoms with E-state index in [4.69, 9.17) is 0 Å². The summed E-state index contributed by atoms with van der Waals surface area (Å²) in [6.07, 6.45) is 4.08. The van der Waals surface area contributed by atoms with E-state index in [0.29, 0.717) is 0 Å². The van der Waals surface area contributed by atoms with Gasteiger partial charge in [-0.2, -0.15) is 0 Å². The Bertz CT molecular complexity index is 355. The third-order valence-electron chi connectivity index (χ3n) is 4.58. The summed E-state index contributed by atoms with van der Waals surface area (Å²) in [5.41, 5.74) is 0.180. The maximum atomic E-state index is 4.46. The zero-order chi connectivity index (χ0) is 16.0. The highest BCUT2D eigenvalue weighted by Gasteiger charge is 2.27. The van der Waals surface area contributed by atoms with Gasteiger partial charge in [0.1, 0.15) is 0 Å². The molecule has 2 saturated heterocycles. The Labute approximate surface area is 136 Å². The summed E-state index contributed by atoms with van der Waals surface area (Å²) in [4.78, 5) is 9.53. The van der Waals surface area contributed by atoms with Crippen LogP contribution in [0.1, 0.15) is 40.0 Å². The van der Waals surface area contributed by atoms with Gasteiger partial charge in [0.15, 0.2) is 5.96 Å². The summed E-state index contributed by atoms with van der Waals surface area (Å²) in [5, 5.41) is 7.00. The normalized spacial score (nSPS) is 24.3. The van der Waals surface area contributed by atoms with Crippen LogP contribution in [0.15, 0.2) is 4.99 Å². The van der Waals surface area contributed by atoms with Crippen LogP contribution < -0.4 is 10.6 Å². The average Bonchev–Trinajstić information content (AvgIpc) is 3.10. The van der Waals surface area contributed by atoms with Gasteiger partial charge in [0.05, 0.1) is 0 Å². The molecule has 5 heteroatoms. The van der Waals surface area contributed by atoms with Crippen LogP contribution in [0.2, 0.25) is 0 Å². The van der Waals surface area contributed by atoms with E-state index in [1.807, 2.05) is 7.05 Å². The molecule has 1 atom stereocenters. The molecule has 0 amide bonds. The van der Waals surface area contributed by atoms with E-state index >= 15 is 0 Å². The lowest BCUT2D eigenvalue weighted by molar-refractivity contribution is 0.281. The molecule has 0 aliphatic carbocycles. The van der Waals surface area contributed by atoms with Crippen molar-refractivity contribution in [1.29, 1.82) is 0 Å². The fourth-order valence-electron chi connectivity index (χ4n) is 3.45.